The molecule has 1 fully saturated rings. The molecule has 1 saturated heterocycles. The van der Waals surface area contributed by atoms with Crippen molar-refractivity contribution >= 4 is 0 Å². The Morgan fingerprint density at radius 3 is 1.95 bits per heavy atom. The maximum atomic E-state index is 12.4. The van der Waals surface area contributed by atoms with Crippen molar-refractivity contribution in [3.05, 3.63) is 129 Å². The third-order valence-electron chi connectivity index (χ3n) is 7.18. The number of nitrogens with one attached hydrogen (secondary N) is 1. The van der Waals surface area contributed by atoms with E-state index in [9.17, 15) is 14.7 Å². The van der Waals surface area contributed by atoms with E-state index in [-0.39, 0.29) is 6.61 Å². The number of benzene rings is 3. The molecule has 40 heavy (non-hydrogen) atoms. The van der Waals surface area contributed by atoms with Crippen LogP contribution < -0.4 is 26.5 Å². The molecule has 2 heterocycles. The van der Waals surface area contributed by atoms with Gasteiger partial charge in [-0.25, -0.2) is 4.79 Å². The highest BCUT2D eigenvalue weighted by Crippen LogP contribution is 2.42. The molecule has 4 atom stereocenters. The smallest absolute Gasteiger partial charge is 0.330 e. The molecule has 0 aliphatic carbocycles. The molecule has 3 aromatic carbocycles. The zero-order valence-corrected chi connectivity index (χ0v) is 22.1. The van der Waals surface area contributed by atoms with Gasteiger partial charge in [-0.1, -0.05) is 54.6 Å². The molecule has 1 aromatic heterocycles. The number of aromatic nitrogens is 2. The largest absolute Gasteiger partial charge is 0.497 e. The van der Waals surface area contributed by atoms with Crippen LogP contribution >= 0.6 is 0 Å². The molecule has 4 aromatic rings. The summed E-state index contributed by atoms with van der Waals surface area (Å²) in [5.74, 6) is 1.38. The number of hydrogen-bond donors (Lipinski definition) is 3. The van der Waals surface area contributed by atoms with Crippen molar-refractivity contribution in [1.82, 2.24) is 9.55 Å². The van der Waals surface area contributed by atoms with Gasteiger partial charge in [-0.05, 0) is 41.0 Å². The van der Waals surface area contributed by atoms with Gasteiger partial charge in [-0.15, -0.1) is 0 Å². The fourth-order valence-electron chi connectivity index (χ4n) is 5.06. The molecule has 1 aliphatic heterocycles. The van der Waals surface area contributed by atoms with Crippen LogP contribution in [0.15, 0.2) is 101 Å². The number of nitrogens with two attached hydrogens (primary N) is 1. The fourth-order valence-corrected chi connectivity index (χ4v) is 5.06. The second kappa shape index (κ2) is 11.5. The average molecular weight is 546 g/mol. The highest BCUT2D eigenvalue weighted by molar-refractivity contribution is 5.49. The van der Waals surface area contributed by atoms with Crippen LogP contribution in [0.4, 0.5) is 0 Å². The lowest BCUT2D eigenvalue weighted by Crippen LogP contribution is -2.43. The summed E-state index contributed by atoms with van der Waals surface area (Å²) in [6.07, 6.45) is -1.73. The molecule has 0 spiro atoms. The zero-order valence-electron chi connectivity index (χ0n) is 22.1. The maximum absolute atomic E-state index is 12.4. The van der Waals surface area contributed by atoms with Gasteiger partial charge >= 0.3 is 5.69 Å². The fraction of sp³-hybridized carbons (Fsp3) is 0.267. The molecule has 1 unspecified atom stereocenters. The topological polar surface area (TPSA) is 138 Å². The van der Waals surface area contributed by atoms with Crippen molar-refractivity contribution in [2.45, 2.75) is 30.1 Å². The van der Waals surface area contributed by atoms with Gasteiger partial charge in [0.25, 0.3) is 5.56 Å². The van der Waals surface area contributed by atoms with Gasteiger partial charge in [0.15, 0.2) is 6.23 Å². The molecule has 0 bridgehead atoms. The van der Waals surface area contributed by atoms with Gasteiger partial charge in [0, 0.05) is 12.3 Å². The predicted octanol–water partition coefficient (Wildman–Crippen LogP) is 2.15. The number of hydrogen-bond acceptors (Lipinski definition) is 8. The summed E-state index contributed by atoms with van der Waals surface area (Å²) in [5, 5.41) is 11.0. The van der Waals surface area contributed by atoms with Gasteiger partial charge < -0.3 is 29.8 Å². The molecule has 10 heteroatoms. The van der Waals surface area contributed by atoms with Gasteiger partial charge in [0.2, 0.25) is 0 Å². The second-order valence-electron chi connectivity index (χ2n) is 9.47. The van der Waals surface area contributed by atoms with E-state index in [1.165, 1.54) is 12.3 Å². The van der Waals surface area contributed by atoms with Crippen LogP contribution in [0.25, 0.3) is 0 Å². The maximum Gasteiger partial charge on any atom is 0.330 e. The van der Waals surface area contributed by atoms with Crippen LogP contribution in [0.1, 0.15) is 22.9 Å². The first-order chi connectivity index (χ1) is 19.4. The summed E-state index contributed by atoms with van der Waals surface area (Å²) in [7, 11) is 3.21. The highest BCUT2D eigenvalue weighted by Gasteiger charge is 2.45. The SMILES string of the molecule is COc1ccc(C(OC[C@H]2O[C@@H](n3ccc(=O)[nH]c3=O)[C@@H](N)C2O)(c2ccccc2)c2ccc(OC)cc2)cc1. The van der Waals surface area contributed by atoms with E-state index in [1.807, 2.05) is 78.9 Å². The first-order valence-corrected chi connectivity index (χ1v) is 12.8. The minimum Gasteiger partial charge on any atom is -0.497 e. The Bertz CT molecular complexity index is 1490. The summed E-state index contributed by atoms with van der Waals surface area (Å²) in [4.78, 5) is 26.1. The summed E-state index contributed by atoms with van der Waals surface area (Å²) in [6, 6.07) is 25.1. The second-order valence-corrected chi connectivity index (χ2v) is 9.47. The van der Waals surface area contributed by atoms with Crippen molar-refractivity contribution in [2.75, 3.05) is 20.8 Å². The quantitative estimate of drug-likeness (QED) is 0.272. The Morgan fingerprint density at radius 1 is 0.875 bits per heavy atom. The van der Waals surface area contributed by atoms with Crippen molar-refractivity contribution in [3.63, 3.8) is 0 Å². The van der Waals surface area contributed by atoms with Crippen LogP contribution in [0.5, 0.6) is 11.5 Å². The summed E-state index contributed by atoms with van der Waals surface area (Å²) < 4.78 is 24.8. The number of aliphatic hydroxyl groups excluding tert-OH is 1. The van der Waals surface area contributed by atoms with Crippen LogP contribution in [0.3, 0.4) is 0 Å². The van der Waals surface area contributed by atoms with E-state index in [4.69, 9.17) is 24.7 Å². The predicted molar refractivity (Wildman–Crippen MR) is 147 cm³/mol. The zero-order chi connectivity index (χ0) is 28.3. The van der Waals surface area contributed by atoms with E-state index >= 15 is 0 Å². The third-order valence-corrected chi connectivity index (χ3v) is 7.18. The van der Waals surface area contributed by atoms with E-state index in [0.717, 1.165) is 21.3 Å². The number of aliphatic hydroxyl groups is 1. The molecule has 208 valence electrons. The molecule has 0 radical (unpaired) electrons. The normalized spacial score (nSPS) is 20.8. The first kappa shape index (κ1) is 27.4. The van der Waals surface area contributed by atoms with Crippen molar-refractivity contribution in [1.29, 1.82) is 0 Å². The van der Waals surface area contributed by atoms with Gasteiger partial charge in [-0.3, -0.25) is 14.3 Å². The van der Waals surface area contributed by atoms with Crippen LogP contribution in [0.2, 0.25) is 0 Å². The van der Waals surface area contributed by atoms with Gasteiger partial charge in [0.1, 0.15) is 29.3 Å². The monoisotopic (exact) mass is 545 g/mol. The molecular weight excluding hydrogens is 514 g/mol. The van der Waals surface area contributed by atoms with E-state index in [1.54, 1.807) is 14.2 Å². The lowest BCUT2D eigenvalue weighted by Gasteiger charge is -2.37. The summed E-state index contributed by atoms with van der Waals surface area (Å²) >= 11 is 0. The summed E-state index contributed by atoms with van der Waals surface area (Å²) in [5.41, 5.74) is 6.40. The Kier molecular flexibility index (Phi) is 7.85. The lowest BCUT2D eigenvalue weighted by molar-refractivity contribution is -0.0945. The molecule has 5 rings (SSSR count). The molecule has 0 saturated carbocycles. The molecule has 1 aliphatic rings. The standard InChI is InChI=1S/C30H31N3O7/c1-37-22-12-8-20(9-13-22)30(19-6-4-3-5-7-19,21-10-14-23(38-2)15-11-21)39-18-24-27(35)26(31)28(40-24)33-17-16-25(34)32-29(33)36/h3-17,24,26-28,35H,18,31H2,1-2H3,(H,32,34,36)/t24-,26+,27?,28-/m1/s1. The molecule has 4 N–H and O–H groups in total. The number of aromatic amines is 1. The third kappa shape index (κ3) is 5.05. The van der Waals surface area contributed by atoms with Crippen LogP contribution in [-0.4, -0.2) is 53.7 Å². The minimum absolute atomic E-state index is 0.0730. The minimum atomic E-state index is -1.15. The van der Waals surface area contributed by atoms with Crippen LogP contribution in [0, 0.1) is 0 Å². The number of methoxy groups -OCH3 is 2. The van der Waals surface area contributed by atoms with Crippen molar-refractivity contribution in [3.8, 4) is 11.5 Å². The first-order valence-electron chi connectivity index (χ1n) is 12.8. The number of H-pyrrole nitrogens is 1. The number of rotatable bonds is 9. The Labute approximate surface area is 230 Å². The Morgan fingerprint density at radius 2 is 1.43 bits per heavy atom. The molecule has 0 amide bonds. The Balaban J connectivity index is 1.56. The number of nitrogens with zero attached hydrogens (tertiary/aromatic N) is 1. The van der Waals surface area contributed by atoms with Crippen LogP contribution in [-0.2, 0) is 15.1 Å². The Hall–Kier alpha value is -4.22. The van der Waals surface area contributed by atoms with Gasteiger partial charge in [-0.2, -0.15) is 0 Å². The van der Waals surface area contributed by atoms with Gasteiger partial charge in [0.05, 0.1) is 26.9 Å². The molecule has 10 nitrogen and oxygen atoms in total. The number of ether oxygens (including phenoxy) is 4. The summed E-state index contributed by atoms with van der Waals surface area (Å²) in [6.45, 7) is -0.0730. The molecular formula is C30H31N3O7. The van der Waals surface area contributed by atoms with Crippen molar-refractivity contribution < 1.29 is 24.1 Å². The van der Waals surface area contributed by atoms with E-state index in [2.05, 4.69) is 4.98 Å². The van der Waals surface area contributed by atoms with E-state index < -0.39 is 41.3 Å². The van der Waals surface area contributed by atoms with E-state index in [0.29, 0.717) is 11.5 Å². The highest BCUT2D eigenvalue weighted by atomic mass is 16.6. The average Bonchev–Trinajstić information content (AvgIpc) is 3.27. The van der Waals surface area contributed by atoms with Crippen molar-refractivity contribution in [2.24, 2.45) is 5.73 Å². The lowest BCUT2D eigenvalue weighted by atomic mass is 9.80.